The number of carbonyl (C=O) groups excluding carboxylic acids is 1. The quantitative estimate of drug-likeness (QED) is 0.0503. The van der Waals surface area contributed by atoms with Gasteiger partial charge < -0.3 is 19.4 Å². The van der Waals surface area contributed by atoms with Gasteiger partial charge in [-0.3, -0.25) is 10.2 Å². The van der Waals surface area contributed by atoms with E-state index >= 15 is 0 Å². The fourth-order valence-electron chi connectivity index (χ4n) is 5.70. The van der Waals surface area contributed by atoms with Gasteiger partial charge in [-0.2, -0.15) is 10.2 Å². The molecule has 0 bridgehead atoms. The fourth-order valence-corrected chi connectivity index (χ4v) is 7.20. The Morgan fingerprint density at radius 2 is 0.983 bits per heavy atom. The second-order valence-corrected chi connectivity index (χ2v) is 16.2. The molecular formula is C36H22N7Na3O10S3. The Kier molecular flexibility index (Phi) is 15.5. The second-order valence-electron chi connectivity index (χ2n) is 12.0. The summed E-state index contributed by atoms with van der Waals surface area (Å²) in [6.45, 7) is 0. The van der Waals surface area contributed by atoms with Crippen LogP contribution in [-0.4, -0.2) is 50.4 Å². The van der Waals surface area contributed by atoms with E-state index < -0.39 is 50.8 Å². The number of nitrogens with zero attached hydrogens (tertiary/aromatic N) is 5. The number of ketones is 1. The number of nitrogens with one attached hydrogen (secondary N) is 1. The summed E-state index contributed by atoms with van der Waals surface area (Å²) in [6.07, 6.45) is 2.50. The van der Waals surface area contributed by atoms with E-state index in [0.717, 1.165) is 42.5 Å². The van der Waals surface area contributed by atoms with Gasteiger partial charge in [-0.25, -0.2) is 25.3 Å². The van der Waals surface area contributed by atoms with Crippen molar-refractivity contribution in [3.05, 3.63) is 120 Å². The summed E-state index contributed by atoms with van der Waals surface area (Å²) in [5.74, 6) is -0.540. The van der Waals surface area contributed by atoms with Crippen molar-refractivity contribution in [2.24, 2.45) is 25.6 Å². The number of hydrazone groups is 1. The maximum absolute atomic E-state index is 12.8. The van der Waals surface area contributed by atoms with Crippen molar-refractivity contribution in [1.29, 1.82) is 0 Å². The molecule has 0 saturated carbocycles. The molecule has 0 spiro atoms. The smallest absolute Gasteiger partial charge is 0.744 e. The summed E-state index contributed by atoms with van der Waals surface area (Å²) in [6, 6.07) is 22.9. The van der Waals surface area contributed by atoms with Crippen molar-refractivity contribution < 1.29 is 132 Å². The molecule has 1 aliphatic rings. The summed E-state index contributed by atoms with van der Waals surface area (Å²) < 4.78 is 106. The zero-order chi connectivity index (χ0) is 40.0. The third kappa shape index (κ3) is 10.9. The van der Waals surface area contributed by atoms with Crippen LogP contribution in [0.25, 0.3) is 27.6 Å². The number of allylic oxidation sites excluding steroid dienone is 1. The van der Waals surface area contributed by atoms with Gasteiger partial charge in [0.2, 0.25) is 5.78 Å². The van der Waals surface area contributed by atoms with Crippen molar-refractivity contribution in [3.63, 3.8) is 0 Å². The third-order valence-electron chi connectivity index (χ3n) is 8.42. The minimum atomic E-state index is -4.94. The molecule has 282 valence electrons. The Hall–Kier alpha value is -3.55. The average Bonchev–Trinajstić information content (AvgIpc) is 3.15. The Balaban J connectivity index is 0.00000256. The van der Waals surface area contributed by atoms with Crippen LogP contribution in [0.3, 0.4) is 0 Å². The van der Waals surface area contributed by atoms with Crippen molar-refractivity contribution >= 4 is 104 Å². The first-order valence-corrected chi connectivity index (χ1v) is 20.1. The van der Waals surface area contributed by atoms with E-state index in [1.807, 2.05) is 0 Å². The van der Waals surface area contributed by atoms with E-state index in [2.05, 4.69) is 31.0 Å². The van der Waals surface area contributed by atoms with Gasteiger partial charge in [0.15, 0.2) is 0 Å². The van der Waals surface area contributed by atoms with Crippen molar-refractivity contribution in [2.75, 3.05) is 11.2 Å². The van der Waals surface area contributed by atoms with E-state index in [0.29, 0.717) is 22.1 Å². The molecule has 17 nitrogen and oxygen atoms in total. The molecule has 3 N–H and O–H groups in total. The molecule has 0 heterocycles. The molecular weight excluding hydrogens is 856 g/mol. The van der Waals surface area contributed by atoms with Gasteiger partial charge in [0.1, 0.15) is 36.1 Å². The van der Waals surface area contributed by atoms with E-state index in [4.69, 9.17) is 5.73 Å². The standard InChI is InChI=1S/C36H25N7O10S3.3Na/c37-21-2-4-22(5-3-21)38-39-33-14-12-31(27-10-7-24(18-29(27)33)55(48,49)50)40-41-34-15-13-32(28-11-8-25(19-30(28)34)56(51,52)53)42-43-36-26-9-6-23(54(45,46)47)17-20(26)1-16-35(36)44;;;/h1-19,42H,37H2,(H,45,46,47)(H,48,49,50)(H,51,52,53);;;/q;3*+1/p-3/b39-38?,41-40?,43-36+;;;. The molecule has 6 aromatic carbocycles. The predicted molar refractivity (Wildman–Crippen MR) is 202 cm³/mol. The molecule has 0 atom stereocenters. The van der Waals surface area contributed by atoms with Crippen molar-refractivity contribution in [1.82, 2.24) is 0 Å². The molecule has 0 aliphatic heterocycles. The number of fused-ring (bicyclic) bond motifs is 3. The average molecular weight is 878 g/mol. The van der Waals surface area contributed by atoms with Crippen molar-refractivity contribution in [2.45, 2.75) is 14.7 Å². The zero-order valence-electron chi connectivity index (χ0n) is 31.1. The first-order chi connectivity index (χ1) is 26.5. The molecule has 23 heteroatoms. The normalized spacial score (nSPS) is 13.6. The van der Waals surface area contributed by atoms with Gasteiger partial charge in [-0.1, -0.05) is 24.3 Å². The predicted octanol–water partition coefficient (Wildman–Crippen LogP) is -2.46. The van der Waals surface area contributed by atoms with Gasteiger partial charge in [-0.15, -0.1) is 15.3 Å². The molecule has 59 heavy (non-hydrogen) atoms. The number of anilines is 2. The van der Waals surface area contributed by atoms with E-state index in [1.54, 1.807) is 24.3 Å². The van der Waals surface area contributed by atoms with Crippen LogP contribution in [-0.2, 0) is 35.1 Å². The van der Waals surface area contributed by atoms with Gasteiger partial charge >= 0.3 is 88.7 Å². The van der Waals surface area contributed by atoms with Crippen LogP contribution in [0.15, 0.2) is 149 Å². The minimum absolute atomic E-state index is 0. The molecule has 0 radical (unpaired) electrons. The molecule has 1 aliphatic carbocycles. The van der Waals surface area contributed by atoms with Gasteiger partial charge in [0, 0.05) is 32.8 Å². The topological polar surface area (TPSA) is 289 Å². The van der Waals surface area contributed by atoms with Gasteiger partial charge in [0.05, 0.1) is 43.1 Å². The van der Waals surface area contributed by atoms with E-state index in [-0.39, 0.29) is 139 Å². The summed E-state index contributed by atoms with van der Waals surface area (Å²) in [5.41, 5.74) is 10.5. The molecule has 0 fully saturated rings. The van der Waals surface area contributed by atoms with Crippen LogP contribution in [0.4, 0.5) is 34.1 Å². The molecule has 0 aromatic heterocycles. The number of nitrogens with two attached hydrogens (primary N) is 1. The van der Waals surface area contributed by atoms with Crippen LogP contribution < -0.4 is 99.8 Å². The number of rotatable bonds is 9. The number of azo groups is 2. The summed E-state index contributed by atoms with van der Waals surface area (Å²) in [7, 11) is -14.6. The maximum Gasteiger partial charge on any atom is 1.00 e. The number of hydrogen-bond donors (Lipinski definition) is 2. The molecule has 0 amide bonds. The number of carbonyl (C=O) groups is 1. The Labute approximate surface area is 403 Å². The SMILES string of the molecule is Nc1ccc(N=Nc2ccc(N=Nc3ccc(N/N=C4/C(=O)C=Cc5cc(S(=O)(=O)[O-])ccc54)c4ccc(S(=O)(=O)[O-])cc34)c3ccc(S(=O)(=O)[O-])cc23)cc1.[Na+].[Na+].[Na+]. The number of benzene rings is 6. The van der Waals surface area contributed by atoms with Gasteiger partial charge in [0.25, 0.3) is 0 Å². The number of hydrogen-bond acceptors (Lipinski definition) is 17. The monoisotopic (exact) mass is 877 g/mol. The van der Waals surface area contributed by atoms with Crippen molar-refractivity contribution in [3.8, 4) is 0 Å². The summed E-state index contributed by atoms with van der Waals surface area (Å²) in [5, 5.41) is 22.2. The Bertz CT molecular complexity index is 3130. The first-order valence-electron chi connectivity index (χ1n) is 15.9. The van der Waals surface area contributed by atoms with Crippen LogP contribution in [0.5, 0.6) is 0 Å². The van der Waals surface area contributed by atoms with E-state index in [1.165, 1.54) is 48.5 Å². The van der Waals surface area contributed by atoms with Crippen LogP contribution in [0.1, 0.15) is 11.1 Å². The number of nitrogen functional groups attached to an aromatic ring is 1. The zero-order valence-corrected chi connectivity index (χ0v) is 39.5. The van der Waals surface area contributed by atoms with Gasteiger partial charge in [-0.05, 0) is 96.6 Å². The Morgan fingerprint density at radius 3 is 1.56 bits per heavy atom. The summed E-state index contributed by atoms with van der Waals surface area (Å²) >= 11 is 0. The molecule has 6 aromatic rings. The Morgan fingerprint density at radius 1 is 0.508 bits per heavy atom. The van der Waals surface area contributed by atoms with Crippen LogP contribution in [0.2, 0.25) is 0 Å². The largest absolute Gasteiger partial charge is 1.00 e. The first kappa shape index (κ1) is 48.1. The molecule has 7 rings (SSSR count). The fraction of sp³-hybridized carbons (Fsp3) is 0. The van der Waals surface area contributed by atoms with Crippen LogP contribution >= 0.6 is 0 Å². The molecule has 0 unspecified atom stereocenters. The van der Waals surface area contributed by atoms with E-state index in [9.17, 15) is 43.7 Å². The minimum Gasteiger partial charge on any atom is -0.744 e. The maximum atomic E-state index is 12.8. The van der Waals surface area contributed by atoms with Crippen LogP contribution in [0, 0.1) is 0 Å². The second kappa shape index (κ2) is 19.0. The third-order valence-corrected chi connectivity index (χ3v) is 10.9. The molecule has 0 saturated heterocycles. The summed E-state index contributed by atoms with van der Waals surface area (Å²) in [4.78, 5) is 11.2.